The number of amides is 1. The van der Waals surface area contributed by atoms with Crippen molar-refractivity contribution >= 4 is 11.9 Å². The molecule has 122 valence electrons. The second kappa shape index (κ2) is 6.21. The number of hydrogen-bond acceptors (Lipinski definition) is 3. The number of halogens is 3. The molecule has 1 heterocycles. The number of rotatable bonds is 4. The van der Waals surface area contributed by atoms with Gasteiger partial charge in [-0.25, -0.2) is 0 Å². The second-order valence-corrected chi connectivity index (χ2v) is 5.77. The number of likely N-dealkylation sites (tertiary alicyclic amines) is 1. The lowest BCUT2D eigenvalue weighted by Gasteiger charge is -2.30. The molecule has 1 saturated heterocycles. The minimum Gasteiger partial charge on any atom is -0.481 e. The minimum absolute atomic E-state index is 0.0729. The summed E-state index contributed by atoms with van der Waals surface area (Å²) in [6.45, 7) is 4.39. The molecule has 0 aromatic carbocycles. The summed E-state index contributed by atoms with van der Waals surface area (Å²) in [4.78, 5) is 25.9. The predicted molar refractivity (Wildman–Crippen MR) is 69.6 cm³/mol. The highest BCUT2D eigenvalue weighted by atomic mass is 19.4. The van der Waals surface area contributed by atoms with Gasteiger partial charge >= 0.3 is 12.1 Å². The Bertz CT molecular complexity index is 412. The van der Waals surface area contributed by atoms with E-state index >= 15 is 0 Å². The zero-order valence-electron chi connectivity index (χ0n) is 12.5. The van der Waals surface area contributed by atoms with Gasteiger partial charge in [-0.2, -0.15) is 13.2 Å². The minimum atomic E-state index is -4.58. The second-order valence-electron chi connectivity index (χ2n) is 5.77. The first-order valence-electron chi connectivity index (χ1n) is 6.77. The summed E-state index contributed by atoms with van der Waals surface area (Å²) >= 11 is 0. The lowest BCUT2D eigenvalue weighted by atomic mass is 9.96. The van der Waals surface area contributed by atoms with Crippen LogP contribution in [0.25, 0.3) is 0 Å². The van der Waals surface area contributed by atoms with Crippen molar-refractivity contribution in [3.05, 3.63) is 0 Å². The lowest BCUT2D eigenvalue weighted by Crippen LogP contribution is -2.47. The largest absolute Gasteiger partial charge is 0.481 e. The van der Waals surface area contributed by atoms with E-state index in [0.717, 1.165) is 0 Å². The zero-order valence-corrected chi connectivity index (χ0v) is 12.5. The van der Waals surface area contributed by atoms with Crippen LogP contribution in [0.5, 0.6) is 0 Å². The molecule has 0 aromatic rings. The van der Waals surface area contributed by atoms with E-state index in [1.165, 1.54) is 16.7 Å². The molecule has 0 radical (unpaired) electrons. The molecule has 0 aliphatic carbocycles. The maximum absolute atomic E-state index is 12.9. The molecule has 1 fully saturated rings. The van der Waals surface area contributed by atoms with Gasteiger partial charge in [0.15, 0.2) is 0 Å². The molecule has 1 N–H and O–H groups in total. The fourth-order valence-corrected chi connectivity index (χ4v) is 2.44. The van der Waals surface area contributed by atoms with Gasteiger partial charge in [-0.3, -0.25) is 14.5 Å². The molecule has 21 heavy (non-hydrogen) atoms. The Balaban J connectivity index is 2.87. The molecule has 0 bridgehead atoms. The summed E-state index contributed by atoms with van der Waals surface area (Å²) in [6.07, 6.45) is -4.58. The third kappa shape index (κ3) is 3.87. The van der Waals surface area contributed by atoms with E-state index in [-0.39, 0.29) is 18.5 Å². The van der Waals surface area contributed by atoms with Crippen molar-refractivity contribution in [3.8, 4) is 0 Å². The molecule has 5 nitrogen and oxygen atoms in total. The van der Waals surface area contributed by atoms with Crippen LogP contribution in [0.4, 0.5) is 13.2 Å². The number of carboxylic acid groups (broad SMARTS) is 1. The van der Waals surface area contributed by atoms with Gasteiger partial charge in [0.2, 0.25) is 5.91 Å². The van der Waals surface area contributed by atoms with Crippen molar-refractivity contribution in [1.82, 2.24) is 9.80 Å². The highest BCUT2D eigenvalue weighted by Crippen LogP contribution is 2.38. The molecule has 1 unspecified atom stereocenters. The summed E-state index contributed by atoms with van der Waals surface area (Å²) in [5, 5.41) is 8.96. The molecule has 0 aromatic heterocycles. The number of likely N-dealkylation sites (N-methyl/N-ethyl adjacent to an activating group) is 1. The van der Waals surface area contributed by atoms with Crippen LogP contribution in [-0.4, -0.2) is 65.2 Å². The smallest absolute Gasteiger partial charge is 0.393 e. The zero-order chi connectivity index (χ0) is 16.5. The van der Waals surface area contributed by atoms with Crippen molar-refractivity contribution in [2.75, 3.05) is 20.1 Å². The molecular weight excluding hydrogens is 289 g/mol. The van der Waals surface area contributed by atoms with E-state index in [1.54, 1.807) is 20.9 Å². The molecule has 1 amide bonds. The molecule has 1 aliphatic heterocycles. The number of nitrogens with zero attached hydrogens (tertiary/aromatic N) is 2. The van der Waals surface area contributed by atoms with E-state index in [9.17, 15) is 22.8 Å². The Morgan fingerprint density at radius 2 is 1.76 bits per heavy atom. The van der Waals surface area contributed by atoms with Crippen LogP contribution >= 0.6 is 0 Å². The van der Waals surface area contributed by atoms with Crippen LogP contribution in [0.2, 0.25) is 0 Å². The predicted octanol–water partition coefficient (Wildman–Crippen LogP) is 1.44. The summed E-state index contributed by atoms with van der Waals surface area (Å²) in [6, 6.07) is -0.845. The molecule has 0 saturated carbocycles. The van der Waals surface area contributed by atoms with Crippen LogP contribution in [-0.2, 0) is 9.59 Å². The van der Waals surface area contributed by atoms with E-state index in [0.29, 0.717) is 0 Å². The third-order valence-corrected chi connectivity index (χ3v) is 4.11. The van der Waals surface area contributed by atoms with Crippen LogP contribution < -0.4 is 0 Å². The van der Waals surface area contributed by atoms with Gasteiger partial charge in [-0.15, -0.1) is 0 Å². The van der Waals surface area contributed by atoms with E-state index in [1.807, 2.05) is 0 Å². The highest BCUT2D eigenvalue weighted by Gasteiger charge is 2.53. The maximum atomic E-state index is 12.9. The average molecular weight is 310 g/mol. The average Bonchev–Trinajstić information content (AvgIpc) is 2.80. The Morgan fingerprint density at radius 1 is 1.24 bits per heavy atom. The topological polar surface area (TPSA) is 60.9 Å². The SMILES string of the molecule is CC(C(=O)N(C)C(C)C)N1C[C@@H](C(F)(F)F)[C@H](C(=O)O)C1. The van der Waals surface area contributed by atoms with Crippen LogP contribution in [0, 0.1) is 11.8 Å². The first-order chi connectivity index (χ1) is 9.46. The Labute approximate surface area is 121 Å². The number of aliphatic carboxylic acids is 1. The van der Waals surface area contributed by atoms with Crippen molar-refractivity contribution in [1.29, 1.82) is 0 Å². The Hall–Kier alpha value is -1.31. The van der Waals surface area contributed by atoms with Gasteiger partial charge in [0.1, 0.15) is 0 Å². The van der Waals surface area contributed by atoms with Gasteiger partial charge in [0.25, 0.3) is 0 Å². The molecule has 1 aliphatic rings. The molecule has 1 rings (SSSR count). The normalized spacial score (nSPS) is 25.1. The monoisotopic (exact) mass is 310 g/mol. The first kappa shape index (κ1) is 17.7. The van der Waals surface area contributed by atoms with Crippen LogP contribution in [0.3, 0.4) is 0 Å². The summed E-state index contributed by atoms with van der Waals surface area (Å²) in [5.74, 6) is -5.24. The fraction of sp³-hybridized carbons (Fsp3) is 0.846. The first-order valence-corrected chi connectivity index (χ1v) is 6.77. The van der Waals surface area contributed by atoms with Gasteiger partial charge in [0.05, 0.1) is 17.9 Å². The number of carboxylic acids is 1. The van der Waals surface area contributed by atoms with E-state index in [2.05, 4.69) is 0 Å². The molecule has 8 heteroatoms. The fourth-order valence-electron chi connectivity index (χ4n) is 2.44. The number of carbonyl (C=O) groups is 2. The van der Waals surface area contributed by atoms with Gasteiger partial charge in [-0.05, 0) is 20.8 Å². The Morgan fingerprint density at radius 3 is 2.10 bits per heavy atom. The van der Waals surface area contributed by atoms with Crippen molar-refractivity contribution in [2.24, 2.45) is 11.8 Å². The van der Waals surface area contributed by atoms with Gasteiger partial charge in [0, 0.05) is 26.2 Å². The Kier molecular flexibility index (Phi) is 5.25. The van der Waals surface area contributed by atoms with E-state index in [4.69, 9.17) is 5.11 Å². The van der Waals surface area contributed by atoms with Crippen LogP contribution in [0.1, 0.15) is 20.8 Å². The summed E-state index contributed by atoms with van der Waals surface area (Å²) in [7, 11) is 1.58. The number of alkyl halides is 3. The summed E-state index contributed by atoms with van der Waals surface area (Å²) in [5.41, 5.74) is 0. The lowest BCUT2D eigenvalue weighted by molar-refractivity contribution is -0.188. The van der Waals surface area contributed by atoms with Crippen LogP contribution in [0.15, 0.2) is 0 Å². The van der Waals surface area contributed by atoms with E-state index < -0.39 is 36.6 Å². The molecule has 3 atom stereocenters. The molecular formula is C13H21F3N2O3. The number of hydrogen-bond donors (Lipinski definition) is 1. The van der Waals surface area contributed by atoms with Crippen molar-refractivity contribution in [3.63, 3.8) is 0 Å². The third-order valence-electron chi connectivity index (χ3n) is 4.11. The molecule has 0 spiro atoms. The van der Waals surface area contributed by atoms with Crippen molar-refractivity contribution in [2.45, 2.75) is 39.0 Å². The quantitative estimate of drug-likeness (QED) is 0.853. The standard InChI is InChI=1S/C13H21F3N2O3/c1-7(2)17(4)11(19)8(3)18-5-9(12(20)21)10(6-18)13(14,15)16/h7-10H,5-6H2,1-4H3,(H,20,21)/t8?,9-,10-/m1/s1. The highest BCUT2D eigenvalue weighted by molar-refractivity contribution is 5.81. The number of carbonyl (C=O) groups excluding carboxylic acids is 1. The summed E-state index contributed by atoms with van der Waals surface area (Å²) < 4.78 is 38.7. The maximum Gasteiger partial charge on any atom is 0.393 e. The van der Waals surface area contributed by atoms with Gasteiger partial charge < -0.3 is 10.0 Å². The van der Waals surface area contributed by atoms with Gasteiger partial charge in [-0.1, -0.05) is 0 Å². The van der Waals surface area contributed by atoms with Crippen molar-refractivity contribution < 1.29 is 27.9 Å².